The van der Waals surface area contributed by atoms with Crippen LogP contribution < -0.4 is 0 Å². The van der Waals surface area contributed by atoms with E-state index in [1.165, 1.54) is 0 Å². The predicted octanol–water partition coefficient (Wildman–Crippen LogP) is 5.92. The number of carbonyl (C=O) groups excluding carboxylic acids is 1. The zero-order valence-electron chi connectivity index (χ0n) is 13.8. The molecule has 0 radical (unpaired) electrons. The standard InChI is InChI=1S/C13H10F14O2/c1-5(2)7(28)29-13(26,27)12(24,25)11(22,23)10(20,21)9(18,19)6(14)3-4-8(15,16)17/h6H,1,3-4H2,2H3. The second-order valence-electron chi connectivity index (χ2n) is 5.65. The summed E-state index contributed by atoms with van der Waals surface area (Å²) >= 11 is 0. The fourth-order valence-corrected chi connectivity index (χ4v) is 1.53. The summed E-state index contributed by atoms with van der Waals surface area (Å²) in [4.78, 5) is 10.8. The van der Waals surface area contributed by atoms with Crippen molar-refractivity contribution in [2.75, 3.05) is 0 Å². The molecule has 1 unspecified atom stereocenters. The van der Waals surface area contributed by atoms with Crippen molar-refractivity contribution >= 4 is 5.97 Å². The summed E-state index contributed by atoms with van der Waals surface area (Å²) in [5.41, 5.74) is -1.11. The molecule has 0 aromatic carbocycles. The molecule has 29 heavy (non-hydrogen) atoms. The molecule has 0 aromatic heterocycles. The van der Waals surface area contributed by atoms with Crippen LogP contribution in [0.15, 0.2) is 12.2 Å². The van der Waals surface area contributed by atoms with E-state index < -0.39 is 66.5 Å². The summed E-state index contributed by atoms with van der Waals surface area (Å²) in [6, 6.07) is 0. The van der Waals surface area contributed by atoms with Gasteiger partial charge >= 0.3 is 41.9 Å². The monoisotopic (exact) mass is 464 g/mol. The SMILES string of the molecule is C=C(C)C(=O)OC(F)(F)C(F)(F)C(F)(F)C(F)(F)C(F)(F)C(F)CCC(F)(F)F. The second kappa shape index (κ2) is 7.81. The highest BCUT2D eigenvalue weighted by atomic mass is 19.4. The Morgan fingerprint density at radius 1 is 0.828 bits per heavy atom. The Kier molecular flexibility index (Phi) is 7.34. The Hall–Kier alpha value is -1.77. The Morgan fingerprint density at radius 2 is 1.24 bits per heavy atom. The van der Waals surface area contributed by atoms with Crippen LogP contribution >= 0.6 is 0 Å². The van der Waals surface area contributed by atoms with Gasteiger partial charge in [-0.05, 0) is 13.3 Å². The van der Waals surface area contributed by atoms with Gasteiger partial charge in [-0.15, -0.1) is 0 Å². The molecule has 0 N–H and O–H groups in total. The zero-order valence-corrected chi connectivity index (χ0v) is 13.8. The second-order valence-corrected chi connectivity index (χ2v) is 5.65. The fourth-order valence-electron chi connectivity index (χ4n) is 1.53. The highest BCUT2D eigenvalue weighted by molar-refractivity contribution is 5.87. The number of alkyl halides is 14. The molecule has 2 nitrogen and oxygen atoms in total. The van der Waals surface area contributed by atoms with E-state index in [1.807, 2.05) is 0 Å². The van der Waals surface area contributed by atoms with Gasteiger partial charge < -0.3 is 4.74 Å². The van der Waals surface area contributed by atoms with Crippen LogP contribution in [-0.2, 0) is 9.53 Å². The first-order valence-corrected chi connectivity index (χ1v) is 6.94. The van der Waals surface area contributed by atoms with Crippen molar-refractivity contribution in [1.82, 2.24) is 0 Å². The van der Waals surface area contributed by atoms with Gasteiger partial charge in [0.1, 0.15) is 0 Å². The molecule has 0 saturated carbocycles. The van der Waals surface area contributed by atoms with Gasteiger partial charge in [0, 0.05) is 12.0 Å². The number of halogens is 14. The minimum Gasteiger partial charge on any atom is -0.393 e. The van der Waals surface area contributed by atoms with Crippen LogP contribution in [0.4, 0.5) is 61.5 Å². The van der Waals surface area contributed by atoms with Gasteiger partial charge in [0.15, 0.2) is 6.17 Å². The molecule has 0 heterocycles. The molecule has 1 atom stereocenters. The summed E-state index contributed by atoms with van der Waals surface area (Å²) < 4.78 is 185. The first kappa shape index (κ1) is 27.2. The largest absolute Gasteiger partial charge is 0.473 e. The smallest absolute Gasteiger partial charge is 0.393 e. The normalized spacial score (nSPS) is 15.8. The number of esters is 1. The lowest BCUT2D eigenvalue weighted by Gasteiger charge is -2.39. The van der Waals surface area contributed by atoms with E-state index >= 15 is 0 Å². The minimum atomic E-state index is -7.80. The van der Waals surface area contributed by atoms with E-state index in [2.05, 4.69) is 11.3 Å². The van der Waals surface area contributed by atoms with Crippen molar-refractivity contribution in [2.45, 2.75) is 61.9 Å². The van der Waals surface area contributed by atoms with E-state index in [1.54, 1.807) is 0 Å². The maximum absolute atomic E-state index is 13.4. The molecule has 0 rings (SSSR count). The molecule has 0 amide bonds. The molecule has 0 aromatic rings. The Bertz CT molecular complexity index is 621. The molecule has 16 heteroatoms. The van der Waals surface area contributed by atoms with E-state index in [4.69, 9.17) is 0 Å². The molecule has 0 aliphatic carbocycles. The number of hydrogen-bond acceptors (Lipinski definition) is 2. The molecular weight excluding hydrogens is 454 g/mol. The number of carbonyl (C=O) groups is 1. The summed E-state index contributed by atoms with van der Waals surface area (Å²) in [5, 5.41) is 0. The number of hydrogen-bond donors (Lipinski definition) is 0. The van der Waals surface area contributed by atoms with Gasteiger partial charge in [-0.1, -0.05) is 6.58 Å². The molecule has 0 aliphatic heterocycles. The molecule has 0 saturated heterocycles. The highest BCUT2D eigenvalue weighted by Gasteiger charge is 2.88. The van der Waals surface area contributed by atoms with Crippen LogP contribution in [0.3, 0.4) is 0 Å². The Morgan fingerprint density at radius 3 is 1.59 bits per heavy atom. The maximum atomic E-state index is 13.4. The summed E-state index contributed by atoms with van der Waals surface area (Å²) in [7, 11) is 0. The number of rotatable bonds is 9. The van der Waals surface area contributed by atoms with Crippen LogP contribution in [0.2, 0.25) is 0 Å². The van der Waals surface area contributed by atoms with Crippen molar-refractivity contribution in [3.05, 3.63) is 12.2 Å². The molecule has 0 fully saturated rings. The van der Waals surface area contributed by atoms with E-state index in [0.29, 0.717) is 6.92 Å². The topological polar surface area (TPSA) is 26.3 Å². The van der Waals surface area contributed by atoms with Gasteiger partial charge in [-0.25, -0.2) is 9.18 Å². The average molecular weight is 464 g/mol. The third-order valence-corrected chi connectivity index (χ3v) is 3.22. The van der Waals surface area contributed by atoms with Crippen LogP contribution in [0.25, 0.3) is 0 Å². The average Bonchev–Trinajstić information content (AvgIpc) is 2.50. The highest BCUT2D eigenvalue weighted by Crippen LogP contribution is 2.58. The lowest BCUT2D eigenvalue weighted by atomic mass is 9.93. The predicted molar refractivity (Wildman–Crippen MR) is 65.8 cm³/mol. The quantitative estimate of drug-likeness (QED) is 0.241. The third kappa shape index (κ3) is 5.05. The van der Waals surface area contributed by atoms with Gasteiger partial charge in [-0.3, -0.25) is 0 Å². The fraction of sp³-hybridized carbons (Fsp3) is 0.769. The molecular formula is C13H10F14O2. The molecule has 172 valence electrons. The Balaban J connectivity index is 6.03. The zero-order chi connectivity index (χ0) is 23.9. The van der Waals surface area contributed by atoms with Gasteiger partial charge in [0.25, 0.3) is 0 Å². The van der Waals surface area contributed by atoms with Crippen molar-refractivity contribution in [1.29, 1.82) is 0 Å². The maximum Gasteiger partial charge on any atom is 0.473 e. The minimum absolute atomic E-state index is 0.534. The molecule has 0 spiro atoms. The molecule has 0 bridgehead atoms. The third-order valence-electron chi connectivity index (χ3n) is 3.22. The van der Waals surface area contributed by atoms with Gasteiger partial charge in [0.2, 0.25) is 0 Å². The van der Waals surface area contributed by atoms with Gasteiger partial charge in [0.05, 0.1) is 0 Å². The van der Waals surface area contributed by atoms with Crippen molar-refractivity contribution < 1.29 is 71.0 Å². The lowest BCUT2D eigenvalue weighted by Crippen LogP contribution is -2.69. The molecule has 0 aliphatic rings. The summed E-state index contributed by atoms with van der Waals surface area (Å²) in [5.74, 6) is -32.5. The van der Waals surface area contributed by atoms with Crippen LogP contribution in [-0.4, -0.2) is 48.1 Å². The van der Waals surface area contributed by atoms with Crippen molar-refractivity contribution in [2.24, 2.45) is 0 Å². The summed E-state index contributed by atoms with van der Waals surface area (Å²) in [6.07, 6.45) is -22.2. The van der Waals surface area contributed by atoms with Gasteiger partial charge in [-0.2, -0.15) is 57.1 Å². The van der Waals surface area contributed by atoms with Crippen LogP contribution in [0.1, 0.15) is 19.8 Å². The van der Waals surface area contributed by atoms with E-state index in [0.717, 1.165) is 0 Å². The number of ether oxygens (including phenoxy) is 1. The summed E-state index contributed by atoms with van der Waals surface area (Å²) in [6.45, 7) is 3.12. The van der Waals surface area contributed by atoms with Crippen LogP contribution in [0.5, 0.6) is 0 Å². The first-order valence-electron chi connectivity index (χ1n) is 6.94. The van der Waals surface area contributed by atoms with Crippen molar-refractivity contribution in [3.63, 3.8) is 0 Å². The van der Waals surface area contributed by atoms with Crippen LogP contribution in [0, 0.1) is 0 Å². The Labute approximate surface area is 152 Å². The van der Waals surface area contributed by atoms with E-state index in [-0.39, 0.29) is 0 Å². The lowest BCUT2D eigenvalue weighted by molar-refractivity contribution is -0.440. The van der Waals surface area contributed by atoms with E-state index in [9.17, 15) is 66.3 Å². The first-order chi connectivity index (χ1) is 12.5. The van der Waals surface area contributed by atoms with Crippen molar-refractivity contribution in [3.8, 4) is 0 Å².